The average Bonchev–Trinajstić information content (AvgIpc) is 2.71. The molecule has 0 bridgehead atoms. The highest BCUT2D eigenvalue weighted by Crippen LogP contribution is 2.36. The van der Waals surface area contributed by atoms with Crippen molar-refractivity contribution >= 4 is 53.9 Å². The second kappa shape index (κ2) is 5.06. The molecule has 0 aromatic heterocycles. The highest BCUT2D eigenvalue weighted by molar-refractivity contribution is 6.25. The molecule has 0 aliphatic rings. The van der Waals surface area contributed by atoms with Gasteiger partial charge in [-0.25, -0.2) is 0 Å². The van der Waals surface area contributed by atoms with Crippen LogP contribution in [-0.4, -0.2) is 0 Å². The summed E-state index contributed by atoms with van der Waals surface area (Å²) in [5, 5.41) is 13.2. The van der Waals surface area contributed by atoms with Crippen molar-refractivity contribution in [2.24, 2.45) is 0 Å². The van der Waals surface area contributed by atoms with Gasteiger partial charge in [0, 0.05) is 0 Å². The number of fused-ring (bicyclic) bond motifs is 8. The normalized spacial score (nSPS) is 11.8. The fraction of sp³-hybridized carbons (Fsp3) is 0. The van der Waals surface area contributed by atoms with E-state index in [1.165, 1.54) is 53.9 Å². The lowest BCUT2D eigenvalue weighted by atomic mass is 9.93. The van der Waals surface area contributed by atoms with Crippen molar-refractivity contribution in [3.8, 4) is 0 Å². The van der Waals surface area contributed by atoms with E-state index in [-0.39, 0.29) is 0 Å². The predicted molar refractivity (Wildman–Crippen MR) is 114 cm³/mol. The minimum Gasteiger partial charge on any atom is -0.0616 e. The Bertz CT molecular complexity index is 1470. The van der Waals surface area contributed by atoms with Crippen LogP contribution in [0.3, 0.4) is 0 Å². The molecule has 0 heterocycles. The Labute approximate surface area is 151 Å². The van der Waals surface area contributed by atoms with Crippen LogP contribution >= 0.6 is 0 Å². The largest absolute Gasteiger partial charge is 0.0616 e. The second-order valence-electron chi connectivity index (χ2n) is 7.03. The zero-order valence-electron chi connectivity index (χ0n) is 14.2. The maximum absolute atomic E-state index is 2.34. The van der Waals surface area contributed by atoms with Crippen molar-refractivity contribution < 1.29 is 0 Å². The third-order valence-electron chi connectivity index (χ3n) is 5.59. The van der Waals surface area contributed by atoms with Crippen LogP contribution in [0.25, 0.3) is 53.9 Å². The molecular formula is C26H16. The molecule has 0 amide bonds. The van der Waals surface area contributed by atoms with E-state index in [1.54, 1.807) is 0 Å². The molecule has 0 atom stereocenters. The van der Waals surface area contributed by atoms with Gasteiger partial charge in [0.25, 0.3) is 0 Å². The molecule has 6 rings (SSSR count). The smallest absolute Gasteiger partial charge is 0.00266 e. The lowest BCUT2D eigenvalue weighted by molar-refractivity contribution is 1.78. The molecule has 0 nitrogen and oxygen atoms in total. The first-order chi connectivity index (χ1) is 12.9. The van der Waals surface area contributed by atoms with Gasteiger partial charge in [-0.3, -0.25) is 0 Å². The van der Waals surface area contributed by atoms with E-state index >= 15 is 0 Å². The molecule has 0 fully saturated rings. The molecule has 0 spiro atoms. The molecule has 0 aliphatic heterocycles. The van der Waals surface area contributed by atoms with Gasteiger partial charge in [0.05, 0.1) is 0 Å². The monoisotopic (exact) mass is 328 g/mol. The standard InChI is InChI=1S/C26H16/c1-2-7-20-16-25-21(15-19(20)6-1)12-14-24-23(25)13-11-18-10-9-17-5-3-4-8-22(17)26(18)24/h1-16H. The summed E-state index contributed by atoms with van der Waals surface area (Å²) in [7, 11) is 0. The fourth-order valence-corrected chi connectivity index (χ4v) is 4.34. The van der Waals surface area contributed by atoms with E-state index in [1.807, 2.05) is 0 Å². The maximum atomic E-state index is 2.34. The lowest BCUT2D eigenvalue weighted by Crippen LogP contribution is -1.83. The Hall–Kier alpha value is -3.38. The van der Waals surface area contributed by atoms with Crippen LogP contribution in [-0.2, 0) is 0 Å². The van der Waals surface area contributed by atoms with Gasteiger partial charge in [0.1, 0.15) is 0 Å². The van der Waals surface area contributed by atoms with Crippen molar-refractivity contribution in [1.82, 2.24) is 0 Å². The van der Waals surface area contributed by atoms with Crippen molar-refractivity contribution in [3.63, 3.8) is 0 Å². The van der Waals surface area contributed by atoms with E-state index in [0.29, 0.717) is 0 Å². The first kappa shape index (κ1) is 13.9. The predicted octanol–water partition coefficient (Wildman–Crippen LogP) is 7.45. The quantitative estimate of drug-likeness (QED) is 0.200. The molecule has 120 valence electrons. The van der Waals surface area contributed by atoms with Gasteiger partial charge in [-0.15, -0.1) is 0 Å². The Balaban J connectivity index is 1.87. The first-order valence-electron chi connectivity index (χ1n) is 9.04. The highest BCUT2D eigenvalue weighted by atomic mass is 14.1. The van der Waals surface area contributed by atoms with Crippen molar-refractivity contribution in [1.29, 1.82) is 0 Å². The van der Waals surface area contributed by atoms with Crippen molar-refractivity contribution in [2.75, 3.05) is 0 Å². The van der Waals surface area contributed by atoms with E-state index in [2.05, 4.69) is 97.1 Å². The molecule has 0 unspecified atom stereocenters. The summed E-state index contributed by atoms with van der Waals surface area (Å²) in [6.07, 6.45) is 0. The van der Waals surface area contributed by atoms with Crippen LogP contribution < -0.4 is 0 Å². The Morgan fingerprint density at radius 3 is 1.81 bits per heavy atom. The molecule has 0 aliphatic carbocycles. The van der Waals surface area contributed by atoms with Crippen LogP contribution in [0.15, 0.2) is 97.1 Å². The van der Waals surface area contributed by atoms with Crippen LogP contribution in [0.4, 0.5) is 0 Å². The SMILES string of the molecule is c1ccc2cc3c(ccc4c3ccc3ccc5ccccc5c34)cc2c1. The summed E-state index contributed by atoms with van der Waals surface area (Å²) in [6, 6.07) is 35.5. The first-order valence-corrected chi connectivity index (χ1v) is 9.04. The third kappa shape index (κ3) is 1.84. The molecule has 6 aromatic rings. The molecule has 26 heavy (non-hydrogen) atoms. The van der Waals surface area contributed by atoms with Gasteiger partial charge in [0.15, 0.2) is 0 Å². The average molecular weight is 328 g/mol. The van der Waals surface area contributed by atoms with Crippen molar-refractivity contribution in [2.45, 2.75) is 0 Å². The number of rotatable bonds is 0. The van der Waals surface area contributed by atoms with Gasteiger partial charge in [-0.1, -0.05) is 84.9 Å². The van der Waals surface area contributed by atoms with E-state index in [0.717, 1.165) is 0 Å². The summed E-state index contributed by atoms with van der Waals surface area (Å²) in [6.45, 7) is 0. The Morgan fingerprint density at radius 1 is 0.308 bits per heavy atom. The van der Waals surface area contributed by atoms with Crippen molar-refractivity contribution in [3.05, 3.63) is 97.1 Å². The molecule has 0 radical (unpaired) electrons. The van der Waals surface area contributed by atoms with Crippen LogP contribution in [0.5, 0.6) is 0 Å². The summed E-state index contributed by atoms with van der Waals surface area (Å²) in [5.41, 5.74) is 0. The molecular weight excluding hydrogens is 312 g/mol. The highest BCUT2D eigenvalue weighted by Gasteiger charge is 2.08. The maximum Gasteiger partial charge on any atom is -0.00266 e. The molecule has 0 saturated carbocycles. The minimum atomic E-state index is 1.30. The Kier molecular flexibility index (Phi) is 2.70. The summed E-state index contributed by atoms with van der Waals surface area (Å²) in [4.78, 5) is 0. The van der Waals surface area contributed by atoms with Crippen LogP contribution in [0.1, 0.15) is 0 Å². The fourth-order valence-electron chi connectivity index (χ4n) is 4.34. The van der Waals surface area contributed by atoms with Gasteiger partial charge in [-0.2, -0.15) is 0 Å². The van der Waals surface area contributed by atoms with E-state index < -0.39 is 0 Å². The number of hydrogen-bond acceptors (Lipinski definition) is 0. The number of hydrogen-bond donors (Lipinski definition) is 0. The summed E-state index contributed by atoms with van der Waals surface area (Å²) >= 11 is 0. The molecule has 6 aromatic carbocycles. The van der Waals surface area contributed by atoms with Crippen LogP contribution in [0.2, 0.25) is 0 Å². The zero-order valence-corrected chi connectivity index (χ0v) is 14.2. The van der Waals surface area contributed by atoms with Crippen LogP contribution in [0, 0.1) is 0 Å². The minimum absolute atomic E-state index is 1.30. The van der Waals surface area contributed by atoms with E-state index in [9.17, 15) is 0 Å². The summed E-state index contributed by atoms with van der Waals surface area (Å²) in [5.74, 6) is 0. The second-order valence-corrected chi connectivity index (χ2v) is 7.03. The van der Waals surface area contributed by atoms with Gasteiger partial charge in [0.2, 0.25) is 0 Å². The number of benzene rings is 6. The third-order valence-corrected chi connectivity index (χ3v) is 5.59. The molecule has 0 saturated heterocycles. The lowest BCUT2D eigenvalue weighted by Gasteiger charge is -2.11. The topological polar surface area (TPSA) is 0 Å². The van der Waals surface area contributed by atoms with Gasteiger partial charge < -0.3 is 0 Å². The zero-order chi connectivity index (χ0) is 17.1. The van der Waals surface area contributed by atoms with Gasteiger partial charge >= 0.3 is 0 Å². The summed E-state index contributed by atoms with van der Waals surface area (Å²) < 4.78 is 0. The van der Waals surface area contributed by atoms with E-state index in [4.69, 9.17) is 0 Å². The van der Waals surface area contributed by atoms with Gasteiger partial charge in [-0.05, 0) is 66.0 Å². The Morgan fingerprint density at radius 2 is 0.923 bits per heavy atom. The molecule has 0 heteroatoms. The molecule has 0 N–H and O–H groups in total.